The first-order valence-corrected chi connectivity index (χ1v) is 17.5. The second-order valence-electron chi connectivity index (χ2n) is 11.5. The Balaban J connectivity index is 1.29. The SMILES string of the molecule is COc1cc2c(cc1Nc1ncc(Br)c(Nc3ccc4nccnc4c3P(C)(C)=O)n1)CCN(C1CCN(C)C1)C2C. The van der Waals surface area contributed by atoms with Crippen molar-refractivity contribution in [2.24, 2.45) is 0 Å². The van der Waals surface area contributed by atoms with Gasteiger partial charge in [0.25, 0.3) is 0 Å². The van der Waals surface area contributed by atoms with E-state index in [1.807, 2.05) is 12.1 Å². The van der Waals surface area contributed by atoms with Crippen LogP contribution >= 0.6 is 23.1 Å². The number of fused-ring (bicyclic) bond motifs is 2. The maximum atomic E-state index is 13.4. The van der Waals surface area contributed by atoms with Gasteiger partial charge in [-0.15, -0.1) is 0 Å². The second kappa shape index (κ2) is 11.5. The summed E-state index contributed by atoms with van der Waals surface area (Å²) in [5, 5.41) is 7.39. The fraction of sp³-hybridized carbons (Fsp3) is 0.400. The maximum Gasteiger partial charge on any atom is 0.229 e. The molecule has 12 heteroatoms. The minimum absolute atomic E-state index is 0.321. The van der Waals surface area contributed by atoms with Crippen molar-refractivity contribution in [2.45, 2.75) is 31.8 Å². The van der Waals surface area contributed by atoms with E-state index in [9.17, 15) is 4.57 Å². The molecular weight excluding hydrogens is 615 g/mol. The van der Waals surface area contributed by atoms with E-state index in [4.69, 9.17) is 9.72 Å². The number of benzene rings is 2. The highest BCUT2D eigenvalue weighted by Crippen LogP contribution is 2.42. The van der Waals surface area contributed by atoms with Gasteiger partial charge in [0.2, 0.25) is 5.95 Å². The van der Waals surface area contributed by atoms with Crippen LogP contribution in [0.2, 0.25) is 0 Å². The van der Waals surface area contributed by atoms with Gasteiger partial charge in [0.15, 0.2) is 0 Å². The Morgan fingerprint density at radius 2 is 1.88 bits per heavy atom. The summed E-state index contributed by atoms with van der Waals surface area (Å²) in [5.74, 6) is 1.70. The number of nitrogens with one attached hydrogen (secondary N) is 2. The van der Waals surface area contributed by atoms with Gasteiger partial charge in [-0.3, -0.25) is 14.9 Å². The van der Waals surface area contributed by atoms with E-state index in [1.165, 1.54) is 17.5 Å². The van der Waals surface area contributed by atoms with E-state index in [1.54, 1.807) is 39.0 Å². The number of anilines is 4. The summed E-state index contributed by atoms with van der Waals surface area (Å²) in [6.07, 6.45) is 7.14. The predicted molar refractivity (Wildman–Crippen MR) is 173 cm³/mol. The standard InChI is InChI=1S/C30H36BrN8O2P/c1-18-21-15-26(41-3)25(14-19(21)8-13-39(18)20-9-12-38(2)17-20)36-30-34-16-22(31)29(37-30)35-24-7-6-23-27(33-11-10-32-23)28(24)42(4,5)40/h6-7,10-11,14-16,18,20H,8-9,12-13,17H2,1-5H3,(H2,34,35,36,37). The van der Waals surface area contributed by atoms with Crippen molar-refractivity contribution >= 4 is 62.6 Å². The van der Waals surface area contributed by atoms with Crippen molar-refractivity contribution in [1.29, 1.82) is 0 Å². The molecule has 0 bridgehead atoms. The molecule has 4 heterocycles. The average Bonchev–Trinajstić information content (AvgIpc) is 3.39. The molecule has 2 atom stereocenters. The first-order valence-electron chi connectivity index (χ1n) is 14.1. The van der Waals surface area contributed by atoms with Crippen LogP contribution in [0.5, 0.6) is 5.75 Å². The Hall–Kier alpha value is -3.11. The van der Waals surface area contributed by atoms with Crippen molar-refractivity contribution in [1.82, 2.24) is 29.7 Å². The smallest absolute Gasteiger partial charge is 0.229 e. The van der Waals surface area contributed by atoms with Crippen LogP contribution in [0, 0.1) is 0 Å². The molecule has 1 saturated heterocycles. The monoisotopic (exact) mass is 650 g/mol. The lowest BCUT2D eigenvalue weighted by Crippen LogP contribution is -2.43. The molecule has 2 unspecified atom stereocenters. The van der Waals surface area contributed by atoms with Crippen LogP contribution in [-0.2, 0) is 11.0 Å². The Bertz CT molecular complexity index is 1700. The largest absolute Gasteiger partial charge is 0.495 e. The van der Waals surface area contributed by atoms with Gasteiger partial charge in [-0.2, -0.15) is 4.98 Å². The molecule has 4 aromatic rings. The summed E-state index contributed by atoms with van der Waals surface area (Å²) in [6.45, 7) is 9.09. The van der Waals surface area contributed by atoms with Crippen molar-refractivity contribution in [3.63, 3.8) is 0 Å². The number of ether oxygens (including phenoxy) is 1. The zero-order valence-electron chi connectivity index (χ0n) is 24.6. The highest BCUT2D eigenvalue weighted by molar-refractivity contribution is 9.10. The minimum Gasteiger partial charge on any atom is -0.495 e. The van der Waals surface area contributed by atoms with Gasteiger partial charge >= 0.3 is 0 Å². The Kier molecular flexibility index (Phi) is 7.95. The van der Waals surface area contributed by atoms with Crippen LogP contribution in [0.25, 0.3) is 11.0 Å². The van der Waals surface area contributed by atoms with E-state index in [0.717, 1.165) is 37.5 Å². The lowest BCUT2D eigenvalue weighted by Gasteiger charge is -2.39. The van der Waals surface area contributed by atoms with Crippen LogP contribution in [0.3, 0.4) is 0 Å². The molecule has 2 N–H and O–H groups in total. The van der Waals surface area contributed by atoms with Gasteiger partial charge in [-0.05, 0) is 98.0 Å². The number of hydrogen-bond acceptors (Lipinski definition) is 10. The molecule has 2 aromatic heterocycles. The Labute approximate surface area is 254 Å². The second-order valence-corrected chi connectivity index (χ2v) is 15.5. The molecule has 2 aromatic carbocycles. The first-order chi connectivity index (χ1) is 20.1. The summed E-state index contributed by atoms with van der Waals surface area (Å²) in [5.41, 5.74) is 5.42. The molecule has 42 heavy (non-hydrogen) atoms. The molecule has 10 nitrogen and oxygen atoms in total. The number of nitrogens with zero attached hydrogens (tertiary/aromatic N) is 6. The van der Waals surface area contributed by atoms with Gasteiger partial charge in [-0.25, -0.2) is 4.98 Å². The van der Waals surface area contributed by atoms with Crippen molar-refractivity contribution < 1.29 is 9.30 Å². The minimum atomic E-state index is -2.72. The molecule has 1 fully saturated rings. The highest BCUT2D eigenvalue weighted by Gasteiger charge is 2.33. The molecule has 0 aliphatic carbocycles. The first kappa shape index (κ1) is 29.0. The fourth-order valence-corrected chi connectivity index (χ4v) is 7.93. The van der Waals surface area contributed by atoms with Crippen LogP contribution in [0.15, 0.2) is 47.3 Å². The summed E-state index contributed by atoms with van der Waals surface area (Å²) in [6, 6.07) is 8.98. The number of methoxy groups -OCH3 is 1. The van der Waals surface area contributed by atoms with Crippen LogP contribution in [0.4, 0.5) is 23.1 Å². The molecular formula is C30H36BrN8O2P. The van der Waals surface area contributed by atoms with Crippen LogP contribution < -0.4 is 20.7 Å². The average molecular weight is 652 g/mol. The number of likely N-dealkylation sites (tertiary alicyclic amines) is 1. The van der Waals surface area contributed by atoms with E-state index in [2.05, 4.69) is 77.4 Å². The third-order valence-electron chi connectivity index (χ3n) is 8.28. The molecule has 0 radical (unpaired) electrons. The number of hydrogen-bond donors (Lipinski definition) is 2. The topological polar surface area (TPSA) is 108 Å². The normalized spacial score (nSPS) is 19.6. The number of halogens is 1. The van der Waals surface area contributed by atoms with E-state index in [0.29, 0.717) is 50.3 Å². The lowest BCUT2D eigenvalue weighted by atomic mass is 9.91. The van der Waals surface area contributed by atoms with Crippen molar-refractivity contribution in [3.8, 4) is 5.75 Å². The van der Waals surface area contributed by atoms with Crippen molar-refractivity contribution in [3.05, 3.63) is 58.5 Å². The third-order valence-corrected chi connectivity index (χ3v) is 10.4. The van der Waals surface area contributed by atoms with Gasteiger partial charge < -0.3 is 24.8 Å². The molecule has 6 rings (SSSR count). The van der Waals surface area contributed by atoms with Crippen LogP contribution in [0.1, 0.15) is 30.5 Å². The molecule has 0 spiro atoms. The highest BCUT2D eigenvalue weighted by atomic mass is 79.9. The van der Waals surface area contributed by atoms with Gasteiger partial charge in [0, 0.05) is 43.8 Å². The molecule has 2 aliphatic heterocycles. The van der Waals surface area contributed by atoms with E-state index in [-0.39, 0.29) is 0 Å². The molecule has 0 saturated carbocycles. The van der Waals surface area contributed by atoms with Gasteiger partial charge in [-0.1, -0.05) is 0 Å². The quantitative estimate of drug-likeness (QED) is 0.247. The van der Waals surface area contributed by atoms with E-state index >= 15 is 0 Å². The predicted octanol–water partition coefficient (Wildman–Crippen LogP) is 5.55. The summed E-state index contributed by atoms with van der Waals surface area (Å²) < 4.78 is 19.9. The zero-order chi connectivity index (χ0) is 29.6. The maximum absolute atomic E-state index is 13.4. The summed E-state index contributed by atoms with van der Waals surface area (Å²) >= 11 is 3.57. The summed E-state index contributed by atoms with van der Waals surface area (Å²) in [4.78, 5) is 23.2. The third kappa shape index (κ3) is 5.63. The fourth-order valence-electron chi connectivity index (χ4n) is 6.25. The molecule has 220 valence electrons. The number of likely N-dealkylation sites (N-methyl/N-ethyl adjacent to an activating group) is 1. The number of rotatable bonds is 7. The Morgan fingerprint density at radius 1 is 1.07 bits per heavy atom. The van der Waals surface area contributed by atoms with Gasteiger partial charge in [0.05, 0.1) is 33.8 Å². The van der Waals surface area contributed by atoms with Gasteiger partial charge in [0.1, 0.15) is 24.2 Å². The van der Waals surface area contributed by atoms with Crippen LogP contribution in [-0.4, -0.2) is 82.9 Å². The molecule has 2 aliphatic rings. The van der Waals surface area contributed by atoms with E-state index < -0.39 is 7.14 Å². The lowest BCUT2D eigenvalue weighted by molar-refractivity contribution is 0.136. The molecule has 0 amide bonds. The Morgan fingerprint density at radius 3 is 2.62 bits per heavy atom. The zero-order valence-corrected chi connectivity index (χ0v) is 27.0. The van der Waals surface area contributed by atoms with Crippen molar-refractivity contribution in [2.75, 3.05) is 57.8 Å². The number of aromatic nitrogens is 4. The summed E-state index contributed by atoms with van der Waals surface area (Å²) in [7, 11) is 1.17.